The minimum atomic E-state index is -1.49. The van der Waals surface area contributed by atoms with E-state index in [4.69, 9.17) is 23.2 Å². The molecule has 0 aliphatic carbocycles. The number of Topliss-reactive ketones (excluding diaryl/α,β-unsaturated/α-hetero) is 1. The van der Waals surface area contributed by atoms with E-state index in [-0.39, 0.29) is 16.3 Å². The maximum atomic E-state index is 12.7. The summed E-state index contributed by atoms with van der Waals surface area (Å²) in [5, 5.41) is 12.5. The number of carbonyl (C=O) groups excluding carboxylic acids is 2. The highest BCUT2D eigenvalue weighted by molar-refractivity contribution is 6.36. The zero-order valence-corrected chi connectivity index (χ0v) is 16.0. The Labute approximate surface area is 172 Å². The number of anilines is 1. The topological polar surface area (TPSA) is 70.0 Å². The molecule has 1 N–H and O–H groups in total. The van der Waals surface area contributed by atoms with Crippen LogP contribution in [-0.4, -0.2) is 11.7 Å². The summed E-state index contributed by atoms with van der Waals surface area (Å²) in [6.45, 7) is 0. The Hall–Kier alpha value is -3.13. The molecule has 0 radical (unpaired) electrons. The summed E-state index contributed by atoms with van der Waals surface area (Å²) in [6, 6.07) is 22.8. The molecular formula is C22H14Cl2N2O2. The average molecular weight is 409 g/mol. The van der Waals surface area contributed by atoms with Crippen molar-refractivity contribution in [3.8, 4) is 17.2 Å². The molecule has 28 heavy (non-hydrogen) atoms. The monoisotopic (exact) mass is 408 g/mol. The summed E-state index contributed by atoms with van der Waals surface area (Å²) < 4.78 is 0. The van der Waals surface area contributed by atoms with E-state index in [0.29, 0.717) is 5.02 Å². The van der Waals surface area contributed by atoms with Crippen LogP contribution in [0.25, 0.3) is 11.1 Å². The summed E-state index contributed by atoms with van der Waals surface area (Å²) in [7, 11) is 0. The largest absolute Gasteiger partial charge is 0.323 e. The lowest BCUT2D eigenvalue weighted by Gasteiger charge is -2.11. The average Bonchev–Trinajstić information content (AvgIpc) is 2.71. The highest BCUT2D eigenvalue weighted by Gasteiger charge is 2.28. The van der Waals surface area contributed by atoms with E-state index in [1.807, 2.05) is 30.3 Å². The number of benzene rings is 3. The number of amides is 1. The van der Waals surface area contributed by atoms with Gasteiger partial charge in [0.2, 0.25) is 5.91 Å². The zero-order valence-electron chi connectivity index (χ0n) is 14.5. The summed E-state index contributed by atoms with van der Waals surface area (Å²) >= 11 is 11.9. The highest BCUT2D eigenvalue weighted by atomic mass is 35.5. The molecule has 3 aromatic rings. The number of hydrogen-bond acceptors (Lipinski definition) is 3. The predicted molar refractivity (Wildman–Crippen MR) is 110 cm³/mol. The SMILES string of the molecule is N#CC(C(=O)Nc1ccc(Cl)cc1Cl)C(=O)c1ccc(-c2ccccc2)cc1. The van der Waals surface area contributed by atoms with Crippen molar-refractivity contribution in [2.24, 2.45) is 5.92 Å². The standard InChI is InChI=1S/C22H14Cl2N2O2/c23-17-10-11-20(19(24)12-17)26-22(28)18(13-25)21(27)16-8-6-15(7-9-16)14-4-2-1-3-5-14/h1-12,18H,(H,26,28). The lowest BCUT2D eigenvalue weighted by atomic mass is 9.96. The van der Waals surface area contributed by atoms with Gasteiger partial charge in [-0.1, -0.05) is 77.8 Å². The van der Waals surface area contributed by atoms with E-state index in [0.717, 1.165) is 11.1 Å². The molecule has 0 saturated heterocycles. The maximum Gasteiger partial charge on any atom is 0.249 e. The summed E-state index contributed by atoms with van der Waals surface area (Å²) in [6.07, 6.45) is 0. The molecule has 0 aromatic heterocycles. The second-order valence-electron chi connectivity index (χ2n) is 5.98. The van der Waals surface area contributed by atoms with Crippen LogP contribution in [0.15, 0.2) is 72.8 Å². The lowest BCUT2D eigenvalue weighted by Crippen LogP contribution is -2.28. The Morgan fingerprint density at radius 3 is 2.14 bits per heavy atom. The molecule has 3 rings (SSSR count). The van der Waals surface area contributed by atoms with Crippen LogP contribution in [0.1, 0.15) is 10.4 Å². The molecule has 0 aliphatic heterocycles. The van der Waals surface area contributed by atoms with Crippen molar-refractivity contribution < 1.29 is 9.59 Å². The van der Waals surface area contributed by atoms with Gasteiger partial charge in [0.1, 0.15) is 0 Å². The summed E-state index contributed by atoms with van der Waals surface area (Å²) in [5.74, 6) is -2.82. The van der Waals surface area contributed by atoms with E-state index in [1.165, 1.54) is 12.1 Å². The van der Waals surface area contributed by atoms with E-state index < -0.39 is 17.6 Å². The lowest BCUT2D eigenvalue weighted by molar-refractivity contribution is -0.117. The van der Waals surface area contributed by atoms with E-state index in [9.17, 15) is 14.9 Å². The van der Waals surface area contributed by atoms with Gasteiger partial charge in [-0.25, -0.2) is 0 Å². The van der Waals surface area contributed by atoms with Gasteiger partial charge in [0.05, 0.1) is 16.8 Å². The van der Waals surface area contributed by atoms with Gasteiger partial charge in [0.25, 0.3) is 0 Å². The molecule has 0 saturated carbocycles. The molecule has 1 atom stereocenters. The second kappa shape index (κ2) is 8.71. The first-order chi connectivity index (χ1) is 13.5. The minimum absolute atomic E-state index is 0.220. The van der Waals surface area contributed by atoms with Crippen molar-refractivity contribution in [1.29, 1.82) is 5.26 Å². The Balaban J connectivity index is 1.77. The predicted octanol–water partition coefficient (Wildman–Crippen LogP) is 5.62. The Morgan fingerprint density at radius 2 is 1.54 bits per heavy atom. The molecule has 6 heteroatoms. The van der Waals surface area contributed by atoms with Gasteiger partial charge in [-0.3, -0.25) is 9.59 Å². The number of nitriles is 1. The van der Waals surface area contributed by atoms with E-state index in [1.54, 1.807) is 36.4 Å². The van der Waals surface area contributed by atoms with Crippen molar-refractivity contribution in [2.45, 2.75) is 0 Å². The van der Waals surface area contributed by atoms with Gasteiger partial charge < -0.3 is 5.32 Å². The van der Waals surface area contributed by atoms with Crippen LogP contribution in [0.4, 0.5) is 5.69 Å². The summed E-state index contributed by atoms with van der Waals surface area (Å²) in [4.78, 5) is 25.1. The van der Waals surface area contributed by atoms with Gasteiger partial charge in [-0.05, 0) is 29.3 Å². The molecule has 0 spiro atoms. The molecular weight excluding hydrogens is 395 g/mol. The van der Waals surface area contributed by atoms with Crippen molar-refractivity contribution in [2.75, 3.05) is 5.32 Å². The molecule has 4 nitrogen and oxygen atoms in total. The van der Waals surface area contributed by atoms with Gasteiger partial charge in [-0.2, -0.15) is 5.26 Å². The van der Waals surface area contributed by atoms with Crippen LogP contribution in [0.2, 0.25) is 10.0 Å². The van der Waals surface area contributed by atoms with Gasteiger partial charge in [0, 0.05) is 10.6 Å². The molecule has 0 fully saturated rings. The second-order valence-corrected chi connectivity index (χ2v) is 6.83. The van der Waals surface area contributed by atoms with Crippen molar-refractivity contribution >= 4 is 40.6 Å². The quantitative estimate of drug-likeness (QED) is 0.439. The fourth-order valence-electron chi connectivity index (χ4n) is 2.66. The van der Waals surface area contributed by atoms with Crippen LogP contribution in [0.5, 0.6) is 0 Å². The Bertz CT molecular complexity index is 1060. The molecule has 0 bridgehead atoms. The van der Waals surface area contributed by atoms with Crippen molar-refractivity contribution in [3.63, 3.8) is 0 Å². The van der Waals surface area contributed by atoms with Crippen LogP contribution in [0.3, 0.4) is 0 Å². The van der Waals surface area contributed by atoms with Gasteiger partial charge >= 0.3 is 0 Å². The number of carbonyl (C=O) groups is 2. The van der Waals surface area contributed by atoms with Crippen LogP contribution in [0, 0.1) is 17.2 Å². The number of halogens is 2. The van der Waals surface area contributed by atoms with Crippen LogP contribution in [-0.2, 0) is 4.79 Å². The fourth-order valence-corrected chi connectivity index (χ4v) is 3.11. The number of hydrogen-bond donors (Lipinski definition) is 1. The van der Waals surface area contributed by atoms with Gasteiger partial charge in [0.15, 0.2) is 11.7 Å². The fraction of sp³-hybridized carbons (Fsp3) is 0.0455. The highest BCUT2D eigenvalue weighted by Crippen LogP contribution is 2.26. The Morgan fingerprint density at radius 1 is 0.893 bits per heavy atom. The molecule has 0 aliphatic rings. The first kappa shape index (κ1) is 19.6. The van der Waals surface area contributed by atoms with Gasteiger partial charge in [-0.15, -0.1) is 0 Å². The molecule has 0 heterocycles. The summed E-state index contributed by atoms with van der Waals surface area (Å²) in [5.41, 5.74) is 2.50. The third-order valence-corrected chi connectivity index (χ3v) is 4.67. The number of ketones is 1. The van der Waals surface area contributed by atoms with Crippen molar-refractivity contribution in [1.82, 2.24) is 0 Å². The molecule has 138 valence electrons. The third kappa shape index (κ3) is 4.40. The van der Waals surface area contributed by atoms with Crippen LogP contribution < -0.4 is 5.32 Å². The number of nitrogens with one attached hydrogen (secondary N) is 1. The maximum absolute atomic E-state index is 12.7. The molecule has 3 aromatic carbocycles. The Kier molecular flexibility index (Phi) is 6.10. The van der Waals surface area contributed by atoms with Crippen LogP contribution >= 0.6 is 23.2 Å². The van der Waals surface area contributed by atoms with E-state index in [2.05, 4.69) is 5.32 Å². The zero-order chi connectivity index (χ0) is 20.1. The third-order valence-electron chi connectivity index (χ3n) is 4.12. The first-order valence-corrected chi connectivity index (χ1v) is 9.10. The smallest absolute Gasteiger partial charge is 0.249 e. The first-order valence-electron chi connectivity index (χ1n) is 8.35. The molecule has 1 amide bonds. The normalized spacial score (nSPS) is 11.3. The van der Waals surface area contributed by atoms with Crippen molar-refractivity contribution in [3.05, 3.63) is 88.4 Å². The number of rotatable bonds is 5. The molecule has 1 unspecified atom stereocenters. The minimum Gasteiger partial charge on any atom is -0.323 e. The van der Waals surface area contributed by atoms with E-state index >= 15 is 0 Å². The number of nitrogens with zero attached hydrogens (tertiary/aromatic N) is 1.